The van der Waals surface area contributed by atoms with Crippen LogP contribution in [0, 0.1) is 0 Å². The van der Waals surface area contributed by atoms with Crippen LogP contribution < -0.4 is 15.4 Å². The number of aromatic nitrogens is 2. The van der Waals surface area contributed by atoms with E-state index < -0.39 is 67.5 Å². The minimum absolute atomic E-state index is 0.0275. The van der Waals surface area contributed by atoms with Crippen molar-refractivity contribution < 1.29 is 47.7 Å². The number of ether oxygens (including phenoxy) is 2. The van der Waals surface area contributed by atoms with Gasteiger partial charge in [-0.3, -0.25) is 24.0 Å². The van der Waals surface area contributed by atoms with Crippen LogP contribution in [-0.2, 0) is 23.9 Å². The van der Waals surface area contributed by atoms with Gasteiger partial charge in [0.25, 0.3) is 11.8 Å². The molecule has 49 heavy (non-hydrogen) atoms. The number of nitrogens with zero attached hydrogens (tertiary/aromatic N) is 5. The van der Waals surface area contributed by atoms with E-state index in [1.165, 1.54) is 25.4 Å². The fourth-order valence-electron chi connectivity index (χ4n) is 5.79. The van der Waals surface area contributed by atoms with E-state index in [9.17, 15) is 38.3 Å². The van der Waals surface area contributed by atoms with Gasteiger partial charge in [0.2, 0.25) is 17.7 Å². The summed E-state index contributed by atoms with van der Waals surface area (Å²) >= 11 is 0. The lowest BCUT2D eigenvalue weighted by Crippen LogP contribution is -2.59. The maximum atomic E-state index is 13.6. The van der Waals surface area contributed by atoms with Gasteiger partial charge in [-0.2, -0.15) is 5.10 Å². The van der Waals surface area contributed by atoms with Crippen molar-refractivity contribution >= 4 is 35.7 Å². The van der Waals surface area contributed by atoms with E-state index in [1.54, 1.807) is 44.2 Å². The van der Waals surface area contributed by atoms with E-state index >= 15 is 0 Å². The molecule has 2 aliphatic heterocycles. The number of carbonyl (C=O) groups is 6. The highest BCUT2D eigenvalue weighted by Gasteiger charge is 2.36. The van der Waals surface area contributed by atoms with Gasteiger partial charge in [-0.1, -0.05) is 18.2 Å². The van der Waals surface area contributed by atoms with Gasteiger partial charge in [-0.15, -0.1) is 0 Å². The SMILES string of the molecule is CCOC(=O)N1CCN(C(=O)C(CCC(=O)O)NC(=O)c2cc(OCC(=O)N3CCCC3C(=O)NCCF)n(-c3ccccc3)n2)CC1C. The van der Waals surface area contributed by atoms with Gasteiger partial charge < -0.3 is 39.9 Å². The van der Waals surface area contributed by atoms with Crippen molar-refractivity contribution in [2.75, 3.05) is 52.6 Å². The van der Waals surface area contributed by atoms with Crippen LogP contribution in [0.2, 0.25) is 0 Å². The number of benzene rings is 1. The molecule has 1 aromatic carbocycles. The fraction of sp³-hybridized carbons (Fsp3) is 0.531. The zero-order chi connectivity index (χ0) is 35.5. The Morgan fingerprint density at radius 1 is 1.08 bits per heavy atom. The fourth-order valence-corrected chi connectivity index (χ4v) is 5.79. The number of amides is 5. The maximum Gasteiger partial charge on any atom is 0.410 e. The summed E-state index contributed by atoms with van der Waals surface area (Å²) in [4.78, 5) is 80.8. The number of carbonyl (C=O) groups excluding carboxylic acids is 5. The summed E-state index contributed by atoms with van der Waals surface area (Å²) in [5.74, 6) is -3.34. The second-order valence-electron chi connectivity index (χ2n) is 11.6. The third-order valence-corrected chi connectivity index (χ3v) is 8.21. The largest absolute Gasteiger partial charge is 0.481 e. The first-order valence-corrected chi connectivity index (χ1v) is 16.2. The average molecular weight is 688 g/mol. The normalized spacial score (nSPS) is 18.1. The number of aliphatic carboxylic acids is 1. The summed E-state index contributed by atoms with van der Waals surface area (Å²) in [5.41, 5.74) is 0.338. The van der Waals surface area contributed by atoms with Crippen molar-refractivity contribution in [3.63, 3.8) is 0 Å². The van der Waals surface area contributed by atoms with Crippen molar-refractivity contribution in [3.8, 4) is 11.6 Å². The van der Waals surface area contributed by atoms with E-state index in [4.69, 9.17) is 9.47 Å². The summed E-state index contributed by atoms with van der Waals surface area (Å²) in [6.45, 7) is 3.14. The Labute approximate surface area is 282 Å². The number of hydrogen-bond acceptors (Lipinski definition) is 9. The van der Waals surface area contributed by atoms with Crippen LogP contribution in [0.15, 0.2) is 36.4 Å². The van der Waals surface area contributed by atoms with Gasteiger partial charge in [-0.05, 0) is 45.2 Å². The third kappa shape index (κ3) is 9.45. The lowest BCUT2D eigenvalue weighted by Gasteiger charge is -2.40. The number of para-hydroxylation sites is 1. The number of likely N-dealkylation sites (tertiary alicyclic amines) is 1. The number of nitrogens with one attached hydrogen (secondary N) is 2. The van der Waals surface area contributed by atoms with Crippen molar-refractivity contribution in [2.24, 2.45) is 0 Å². The van der Waals surface area contributed by atoms with Crippen LogP contribution in [0.4, 0.5) is 9.18 Å². The molecule has 1 aromatic heterocycles. The minimum Gasteiger partial charge on any atom is -0.481 e. The average Bonchev–Trinajstić information content (AvgIpc) is 3.76. The van der Waals surface area contributed by atoms with Crippen LogP contribution in [0.1, 0.15) is 50.0 Å². The van der Waals surface area contributed by atoms with Crippen LogP contribution in [-0.4, -0.2) is 136 Å². The van der Waals surface area contributed by atoms with Crippen LogP contribution in [0.5, 0.6) is 5.88 Å². The molecule has 2 fully saturated rings. The summed E-state index contributed by atoms with van der Waals surface area (Å²) in [7, 11) is 0. The Hall–Kier alpha value is -5.22. The molecular weight excluding hydrogens is 645 g/mol. The number of halogens is 1. The highest BCUT2D eigenvalue weighted by molar-refractivity contribution is 5.96. The van der Waals surface area contributed by atoms with E-state index in [0.29, 0.717) is 25.1 Å². The van der Waals surface area contributed by atoms with Gasteiger partial charge in [0.05, 0.1) is 12.3 Å². The molecule has 266 valence electrons. The third-order valence-electron chi connectivity index (χ3n) is 8.21. The number of carboxylic acid groups (broad SMARTS) is 1. The highest BCUT2D eigenvalue weighted by atomic mass is 19.1. The molecule has 0 spiro atoms. The zero-order valence-corrected chi connectivity index (χ0v) is 27.5. The predicted molar refractivity (Wildman–Crippen MR) is 171 cm³/mol. The molecule has 17 heteroatoms. The van der Waals surface area contributed by atoms with Crippen molar-refractivity contribution in [1.82, 2.24) is 35.1 Å². The number of piperazine rings is 1. The molecule has 2 aromatic rings. The summed E-state index contributed by atoms with van der Waals surface area (Å²) < 4.78 is 24.8. The van der Waals surface area contributed by atoms with Crippen LogP contribution in [0.25, 0.3) is 5.69 Å². The molecular formula is C32H42FN7O9. The number of carboxylic acids is 1. The molecule has 4 rings (SSSR count). The maximum absolute atomic E-state index is 13.6. The predicted octanol–water partition coefficient (Wildman–Crippen LogP) is 0.980. The summed E-state index contributed by atoms with van der Waals surface area (Å²) in [6.07, 6.45) is -0.0658. The molecule has 2 aliphatic rings. The first kappa shape index (κ1) is 36.6. The highest BCUT2D eigenvalue weighted by Crippen LogP contribution is 2.22. The summed E-state index contributed by atoms with van der Waals surface area (Å²) in [6, 6.07) is 7.60. The molecule has 3 heterocycles. The Bertz CT molecular complexity index is 1500. The Morgan fingerprint density at radius 2 is 1.84 bits per heavy atom. The second kappa shape index (κ2) is 17.3. The molecule has 0 saturated carbocycles. The minimum atomic E-state index is -1.21. The molecule has 16 nitrogen and oxygen atoms in total. The van der Waals surface area contributed by atoms with Crippen LogP contribution >= 0.6 is 0 Å². The van der Waals surface area contributed by atoms with Gasteiger partial charge in [0, 0.05) is 51.3 Å². The quantitative estimate of drug-likeness (QED) is 0.258. The van der Waals surface area contributed by atoms with Crippen LogP contribution in [0.3, 0.4) is 0 Å². The van der Waals surface area contributed by atoms with E-state index in [-0.39, 0.29) is 56.8 Å². The van der Waals surface area contributed by atoms with Crippen molar-refractivity contribution in [1.29, 1.82) is 0 Å². The number of alkyl halides is 1. The molecule has 0 aliphatic carbocycles. The van der Waals surface area contributed by atoms with E-state index in [0.717, 1.165) is 0 Å². The molecule has 3 unspecified atom stereocenters. The van der Waals surface area contributed by atoms with Gasteiger partial charge in [0.15, 0.2) is 12.3 Å². The van der Waals surface area contributed by atoms with Gasteiger partial charge >= 0.3 is 12.1 Å². The first-order valence-electron chi connectivity index (χ1n) is 16.2. The molecule has 0 bridgehead atoms. The summed E-state index contributed by atoms with van der Waals surface area (Å²) in [5, 5.41) is 18.8. The molecule has 3 atom stereocenters. The van der Waals surface area contributed by atoms with Crippen molar-refractivity contribution in [2.45, 2.75) is 57.7 Å². The Kier molecular flexibility index (Phi) is 12.9. The lowest BCUT2D eigenvalue weighted by atomic mass is 10.1. The first-order chi connectivity index (χ1) is 23.5. The molecule has 2 saturated heterocycles. The zero-order valence-electron chi connectivity index (χ0n) is 27.5. The van der Waals surface area contributed by atoms with E-state index in [2.05, 4.69) is 15.7 Å². The Balaban J connectivity index is 1.50. The molecule has 5 amide bonds. The van der Waals surface area contributed by atoms with Gasteiger partial charge in [0.1, 0.15) is 18.8 Å². The standard InChI is InChI=1S/C32H42FN7O9/c1-3-48-32(47)38-17-16-37(19-21(38)2)31(46)23(11-12-28(42)43)35-29(44)24-18-27(40(36-24)22-8-5-4-6-9-22)49-20-26(41)39-15-7-10-25(39)30(45)34-14-13-33/h4-6,8-9,18,21,23,25H,3,7,10-17,19-20H2,1-2H3,(H,34,45)(H,35,44)(H,42,43). The second-order valence-corrected chi connectivity index (χ2v) is 11.6. The smallest absolute Gasteiger partial charge is 0.410 e. The van der Waals surface area contributed by atoms with Crippen molar-refractivity contribution in [3.05, 3.63) is 42.1 Å². The van der Waals surface area contributed by atoms with E-state index in [1.807, 2.05) is 0 Å². The number of hydrogen-bond donors (Lipinski definition) is 3. The lowest BCUT2D eigenvalue weighted by molar-refractivity contribution is -0.140. The molecule has 3 N–H and O–H groups in total. The molecule has 0 radical (unpaired) electrons. The monoisotopic (exact) mass is 687 g/mol. The van der Waals surface area contributed by atoms with Gasteiger partial charge in [-0.25, -0.2) is 13.9 Å². The number of rotatable bonds is 14. The topological polar surface area (TPSA) is 193 Å². The Morgan fingerprint density at radius 3 is 2.51 bits per heavy atom.